The Morgan fingerprint density at radius 3 is 2.29 bits per heavy atom. The number of para-hydroxylation sites is 1. The molecule has 2 heterocycles. The molecule has 0 unspecified atom stereocenters. The molecule has 4 rings (SSSR count). The first-order chi connectivity index (χ1) is 16.5. The van der Waals surface area contributed by atoms with Crippen molar-refractivity contribution < 1.29 is 19.1 Å². The van der Waals surface area contributed by atoms with Gasteiger partial charge in [0.05, 0.1) is 17.5 Å². The summed E-state index contributed by atoms with van der Waals surface area (Å²) in [5.74, 6) is 0.0537. The number of anilines is 2. The zero-order chi connectivity index (χ0) is 24.2. The Labute approximate surface area is 214 Å². The van der Waals surface area contributed by atoms with Crippen LogP contribution in [0.25, 0.3) is 10.2 Å². The first-order valence-corrected chi connectivity index (χ1v) is 12.2. The molecule has 1 saturated heterocycles. The summed E-state index contributed by atoms with van der Waals surface area (Å²) in [5, 5.41) is 0.602. The van der Waals surface area contributed by atoms with Crippen LogP contribution in [-0.4, -0.2) is 60.9 Å². The van der Waals surface area contributed by atoms with Gasteiger partial charge in [0.25, 0.3) is 5.91 Å². The number of benzene rings is 2. The molecule has 1 fully saturated rings. The zero-order valence-corrected chi connectivity index (χ0v) is 21.7. The molecule has 3 aromatic rings. The topological polar surface area (TPSA) is 83.0 Å². The number of hydrogen-bond acceptors (Lipinski definition) is 7. The number of nitrogens with zero attached hydrogens (tertiary/aromatic N) is 4. The van der Waals surface area contributed by atoms with Crippen LogP contribution in [0.5, 0.6) is 5.75 Å². The van der Waals surface area contributed by atoms with E-state index in [1.165, 1.54) is 16.2 Å². The molecule has 2 aromatic carbocycles. The lowest BCUT2D eigenvalue weighted by Crippen LogP contribution is -2.39. The van der Waals surface area contributed by atoms with E-state index in [-0.39, 0.29) is 43.0 Å². The maximum atomic E-state index is 13.6. The summed E-state index contributed by atoms with van der Waals surface area (Å²) in [6.07, 6.45) is 0.444. The SMILES string of the molecule is CCN(CC)CCN(C(=O)c1ccc(N2C(=O)CCC2=O)cc1)c1nc2c(OC)cccc2s1.Cl. The fraction of sp³-hybridized carbons (Fsp3) is 0.360. The van der Waals surface area contributed by atoms with Crippen molar-refractivity contribution in [1.82, 2.24) is 9.88 Å². The maximum absolute atomic E-state index is 13.6. The molecule has 0 aliphatic carbocycles. The van der Waals surface area contributed by atoms with Crippen LogP contribution in [0.4, 0.5) is 10.8 Å². The van der Waals surface area contributed by atoms with Gasteiger partial charge in [-0.3, -0.25) is 24.2 Å². The smallest absolute Gasteiger partial charge is 0.260 e. The third-order valence-electron chi connectivity index (χ3n) is 6.02. The van der Waals surface area contributed by atoms with Gasteiger partial charge < -0.3 is 9.64 Å². The lowest BCUT2D eigenvalue weighted by molar-refractivity contribution is -0.121. The Morgan fingerprint density at radius 1 is 1.03 bits per heavy atom. The highest BCUT2D eigenvalue weighted by molar-refractivity contribution is 7.22. The lowest BCUT2D eigenvalue weighted by Gasteiger charge is -2.25. The van der Waals surface area contributed by atoms with Crippen molar-refractivity contribution in [1.29, 1.82) is 0 Å². The number of imide groups is 1. The number of halogens is 1. The van der Waals surface area contributed by atoms with Crippen molar-refractivity contribution in [3.63, 3.8) is 0 Å². The van der Waals surface area contributed by atoms with Gasteiger partial charge in [-0.1, -0.05) is 31.3 Å². The summed E-state index contributed by atoms with van der Waals surface area (Å²) < 4.78 is 6.39. The number of ether oxygens (including phenoxy) is 1. The Hall–Kier alpha value is -3.01. The second kappa shape index (κ2) is 11.6. The number of aromatic nitrogens is 1. The van der Waals surface area contributed by atoms with E-state index in [1.54, 1.807) is 36.3 Å². The minimum absolute atomic E-state index is 0. The predicted molar refractivity (Wildman–Crippen MR) is 141 cm³/mol. The average molecular weight is 517 g/mol. The van der Waals surface area contributed by atoms with E-state index in [9.17, 15) is 14.4 Å². The van der Waals surface area contributed by atoms with Crippen molar-refractivity contribution in [3.05, 3.63) is 48.0 Å². The van der Waals surface area contributed by atoms with Gasteiger partial charge in [0.15, 0.2) is 5.13 Å². The number of likely N-dealkylation sites (N-methyl/N-ethyl adjacent to an activating group) is 1. The van der Waals surface area contributed by atoms with Crippen molar-refractivity contribution in [2.75, 3.05) is 43.1 Å². The molecule has 0 N–H and O–H groups in total. The third kappa shape index (κ3) is 5.47. The largest absolute Gasteiger partial charge is 0.494 e. The van der Waals surface area contributed by atoms with E-state index in [1.807, 2.05) is 18.2 Å². The second-order valence-corrected chi connectivity index (χ2v) is 8.97. The number of carbonyl (C=O) groups excluding carboxylic acids is 3. The summed E-state index contributed by atoms with van der Waals surface area (Å²) in [6.45, 7) is 7.15. The van der Waals surface area contributed by atoms with Crippen LogP contribution in [-0.2, 0) is 9.59 Å². The molecule has 0 bridgehead atoms. The van der Waals surface area contributed by atoms with E-state index in [0.717, 1.165) is 23.3 Å². The van der Waals surface area contributed by atoms with Gasteiger partial charge in [-0.2, -0.15) is 0 Å². The normalized spacial score (nSPS) is 13.4. The Balaban J connectivity index is 0.00000342. The van der Waals surface area contributed by atoms with Gasteiger partial charge in [0, 0.05) is 31.5 Å². The third-order valence-corrected chi connectivity index (χ3v) is 7.07. The van der Waals surface area contributed by atoms with Crippen molar-refractivity contribution in [2.45, 2.75) is 26.7 Å². The number of amides is 3. The summed E-state index contributed by atoms with van der Waals surface area (Å²) in [7, 11) is 1.61. The number of hydrogen-bond donors (Lipinski definition) is 0. The first kappa shape index (κ1) is 26.6. The minimum Gasteiger partial charge on any atom is -0.494 e. The van der Waals surface area contributed by atoms with Crippen LogP contribution in [0, 0.1) is 0 Å². The van der Waals surface area contributed by atoms with Gasteiger partial charge in [-0.25, -0.2) is 4.98 Å². The average Bonchev–Trinajstić information content (AvgIpc) is 3.44. The van der Waals surface area contributed by atoms with Crippen LogP contribution in [0.2, 0.25) is 0 Å². The molecule has 0 atom stereocenters. The summed E-state index contributed by atoms with van der Waals surface area (Å²) in [4.78, 5) is 47.6. The van der Waals surface area contributed by atoms with E-state index < -0.39 is 0 Å². The molecule has 1 aromatic heterocycles. The van der Waals surface area contributed by atoms with Crippen LogP contribution < -0.4 is 14.5 Å². The molecule has 0 radical (unpaired) electrons. The molecule has 0 saturated carbocycles. The van der Waals surface area contributed by atoms with Crippen LogP contribution in [0.1, 0.15) is 37.0 Å². The number of fused-ring (bicyclic) bond motifs is 1. The number of methoxy groups -OCH3 is 1. The number of carbonyl (C=O) groups is 3. The van der Waals surface area contributed by atoms with Crippen molar-refractivity contribution >= 4 is 62.5 Å². The molecular weight excluding hydrogens is 488 g/mol. The number of rotatable bonds is 9. The number of thiazole rings is 1. The molecule has 3 amide bonds. The Bertz CT molecular complexity index is 1190. The van der Waals surface area contributed by atoms with Gasteiger partial charge in [-0.15, -0.1) is 12.4 Å². The van der Waals surface area contributed by atoms with Crippen LogP contribution in [0.15, 0.2) is 42.5 Å². The molecule has 8 nitrogen and oxygen atoms in total. The zero-order valence-electron chi connectivity index (χ0n) is 20.0. The molecular formula is C25H29ClN4O4S. The molecule has 186 valence electrons. The minimum atomic E-state index is -0.214. The summed E-state index contributed by atoms with van der Waals surface area (Å²) >= 11 is 1.45. The van der Waals surface area contributed by atoms with Gasteiger partial charge in [0.2, 0.25) is 11.8 Å². The fourth-order valence-corrected chi connectivity index (χ4v) is 5.04. The highest BCUT2D eigenvalue weighted by atomic mass is 35.5. The van der Waals surface area contributed by atoms with Gasteiger partial charge in [0.1, 0.15) is 11.3 Å². The summed E-state index contributed by atoms with van der Waals surface area (Å²) in [6, 6.07) is 12.4. The van der Waals surface area contributed by atoms with Gasteiger partial charge >= 0.3 is 0 Å². The van der Waals surface area contributed by atoms with E-state index in [4.69, 9.17) is 9.72 Å². The Kier molecular flexibility index (Phi) is 8.82. The fourth-order valence-electron chi connectivity index (χ4n) is 4.03. The monoisotopic (exact) mass is 516 g/mol. The van der Waals surface area contributed by atoms with Crippen molar-refractivity contribution in [3.8, 4) is 5.75 Å². The summed E-state index contributed by atoms with van der Waals surface area (Å²) in [5.41, 5.74) is 1.68. The van der Waals surface area contributed by atoms with E-state index in [2.05, 4.69) is 18.7 Å². The maximum Gasteiger partial charge on any atom is 0.260 e. The van der Waals surface area contributed by atoms with Crippen LogP contribution in [0.3, 0.4) is 0 Å². The highest BCUT2D eigenvalue weighted by Crippen LogP contribution is 2.34. The highest BCUT2D eigenvalue weighted by Gasteiger charge is 2.30. The lowest BCUT2D eigenvalue weighted by atomic mass is 10.1. The molecule has 1 aliphatic rings. The second-order valence-electron chi connectivity index (χ2n) is 7.96. The first-order valence-electron chi connectivity index (χ1n) is 11.4. The quantitative estimate of drug-likeness (QED) is 0.393. The van der Waals surface area contributed by atoms with E-state index in [0.29, 0.717) is 35.2 Å². The standard InChI is InChI=1S/C25H28N4O4S.ClH/c1-4-27(5-2)15-16-28(25-26-23-19(33-3)7-6-8-20(23)34-25)24(32)17-9-11-18(12-10-17)29-21(30)13-14-22(29)31;/h6-12H,4-5,13-16H2,1-3H3;1H. The van der Waals surface area contributed by atoms with Crippen LogP contribution >= 0.6 is 23.7 Å². The molecule has 35 heavy (non-hydrogen) atoms. The molecule has 10 heteroatoms. The predicted octanol–water partition coefficient (Wildman–Crippen LogP) is 4.37. The van der Waals surface area contributed by atoms with Crippen molar-refractivity contribution in [2.24, 2.45) is 0 Å². The van der Waals surface area contributed by atoms with Gasteiger partial charge in [-0.05, 0) is 49.5 Å². The molecule has 1 aliphatic heterocycles. The van der Waals surface area contributed by atoms with E-state index >= 15 is 0 Å². The molecule has 0 spiro atoms. The Morgan fingerprint density at radius 2 is 1.69 bits per heavy atom.